The smallest absolute Gasteiger partial charge is 0.243 e. The Kier molecular flexibility index (Phi) is 5.38. The Morgan fingerprint density at radius 3 is 2.38 bits per heavy atom. The summed E-state index contributed by atoms with van der Waals surface area (Å²) >= 11 is 0. The van der Waals surface area contributed by atoms with Crippen LogP contribution >= 0.6 is 0 Å². The lowest BCUT2D eigenvalue weighted by molar-refractivity contribution is -0.120. The third kappa shape index (κ3) is 3.94. The molecule has 1 fully saturated rings. The molecule has 26 heavy (non-hydrogen) atoms. The third-order valence-corrected chi connectivity index (χ3v) is 6.42. The third-order valence-electron chi connectivity index (χ3n) is 4.50. The molecule has 138 valence electrons. The fraction of sp³-hybridized carbons (Fsp3) is 0.316. The van der Waals surface area contributed by atoms with Gasteiger partial charge in [0, 0.05) is 12.2 Å². The van der Waals surface area contributed by atoms with Crippen molar-refractivity contribution in [1.82, 2.24) is 4.31 Å². The molecule has 2 aromatic rings. The maximum absolute atomic E-state index is 13.0. The Balaban J connectivity index is 1.83. The van der Waals surface area contributed by atoms with E-state index in [-0.39, 0.29) is 4.90 Å². The van der Waals surface area contributed by atoms with Crippen molar-refractivity contribution in [1.29, 1.82) is 0 Å². The molecule has 1 atom stereocenters. The molecule has 0 radical (unpaired) electrons. The summed E-state index contributed by atoms with van der Waals surface area (Å²) in [6, 6.07) is 11.2. The second-order valence-corrected chi connectivity index (χ2v) is 8.33. The van der Waals surface area contributed by atoms with E-state index >= 15 is 0 Å². The van der Waals surface area contributed by atoms with Gasteiger partial charge in [0.05, 0.1) is 4.90 Å². The highest BCUT2D eigenvalue weighted by Crippen LogP contribution is 2.26. The van der Waals surface area contributed by atoms with E-state index in [2.05, 4.69) is 5.32 Å². The summed E-state index contributed by atoms with van der Waals surface area (Å²) in [4.78, 5) is 12.9. The lowest BCUT2D eigenvalue weighted by Crippen LogP contribution is -2.49. The Labute approximate surface area is 152 Å². The Bertz CT molecular complexity index is 880. The molecule has 0 spiro atoms. The number of aryl methyl sites for hydroxylation is 1. The monoisotopic (exact) mass is 376 g/mol. The van der Waals surface area contributed by atoms with Crippen LogP contribution in [0, 0.1) is 12.7 Å². The van der Waals surface area contributed by atoms with Gasteiger partial charge >= 0.3 is 0 Å². The van der Waals surface area contributed by atoms with Crippen LogP contribution in [0.3, 0.4) is 0 Å². The molecule has 0 aliphatic carbocycles. The van der Waals surface area contributed by atoms with Gasteiger partial charge in [-0.05, 0) is 56.2 Å². The molecule has 1 aliphatic rings. The van der Waals surface area contributed by atoms with E-state index < -0.39 is 27.8 Å². The van der Waals surface area contributed by atoms with Crippen LogP contribution < -0.4 is 5.32 Å². The maximum Gasteiger partial charge on any atom is 0.243 e. The summed E-state index contributed by atoms with van der Waals surface area (Å²) in [5.74, 6) is -0.795. The minimum atomic E-state index is -3.76. The van der Waals surface area contributed by atoms with E-state index in [0.29, 0.717) is 25.1 Å². The molecule has 0 unspecified atom stereocenters. The quantitative estimate of drug-likeness (QED) is 0.890. The van der Waals surface area contributed by atoms with Gasteiger partial charge in [0.25, 0.3) is 0 Å². The van der Waals surface area contributed by atoms with Gasteiger partial charge in [-0.2, -0.15) is 4.31 Å². The molecule has 0 aromatic heterocycles. The van der Waals surface area contributed by atoms with Crippen LogP contribution in [-0.4, -0.2) is 31.2 Å². The number of anilines is 1. The summed E-state index contributed by atoms with van der Waals surface area (Å²) in [5, 5.41) is 2.69. The van der Waals surface area contributed by atoms with Crippen molar-refractivity contribution in [3.8, 4) is 0 Å². The van der Waals surface area contributed by atoms with E-state index in [0.717, 1.165) is 12.0 Å². The van der Waals surface area contributed by atoms with E-state index in [1.165, 1.54) is 28.6 Å². The molecule has 5 nitrogen and oxygen atoms in total. The van der Waals surface area contributed by atoms with Crippen LogP contribution in [0.4, 0.5) is 10.1 Å². The summed E-state index contributed by atoms with van der Waals surface area (Å²) in [6.07, 6.45) is 1.95. The zero-order valence-corrected chi connectivity index (χ0v) is 15.3. The van der Waals surface area contributed by atoms with Crippen molar-refractivity contribution in [2.45, 2.75) is 37.1 Å². The van der Waals surface area contributed by atoms with Crippen molar-refractivity contribution in [2.24, 2.45) is 0 Å². The van der Waals surface area contributed by atoms with Crippen molar-refractivity contribution in [2.75, 3.05) is 11.9 Å². The van der Waals surface area contributed by atoms with Crippen LogP contribution in [0.5, 0.6) is 0 Å². The van der Waals surface area contributed by atoms with Crippen LogP contribution in [0.1, 0.15) is 24.8 Å². The number of rotatable bonds is 4. The number of carbonyl (C=O) groups is 1. The minimum Gasteiger partial charge on any atom is -0.325 e. The molecular weight excluding hydrogens is 355 g/mol. The number of sulfonamides is 1. The van der Waals surface area contributed by atoms with Crippen LogP contribution in [0.15, 0.2) is 53.4 Å². The second kappa shape index (κ2) is 7.55. The highest BCUT2D eigenvalue weighted by molar-refractivity contribution is 7.89. The Morgan fingerprint density at radius 1 is 1.08 bits per heavy atom. The molecule has 1 heterocycles. The Morgan fingerprint density at radius 2 is 1.73 bits per heavy atom. The highest BCUT2D eigenvalue weighted by Gasteiger charge is 2.37. The molecular formula is C19H21FN2O3S. The van der Waals surface area contributed by atoms with Crippen LogP contribution in [0.25, 0.3) is 0 Å². The van der Waals surface area contributed by atoms with Gasteiger partial charge in [-0.15, -0.1) is 0 Å². The topological polar surface area (TPSA) is 66.5 Å². The molecule has 0 saturated carbocycles. The molecule has 1 aliphatic heterocycles. The van der Waals surface area contributed by atoms with Gasteiger partial charge in [0.1, 0.15) is 11.9 Å². The lowest BCUT2D eigenvalue weighted by atomic mass is 10.0. The number of hydrogen-bond donors (Lipinski definition) is 1. The number of piperidine rings is 1. The SMILES string of the molecule is Cc1ccc(S(=O)(=O)N2CCCC[C@@H]2C(=O)Nc2ccc(F)cc2)cc1. The summed E-state index contributed by atoms with van der Waals surface area (Å²) in [7, 11) is -3.76. The number of hydrogen-bond acceptors (Lipinski definition) is 3. The number of nitrogens with one attached hydrogen (secondary N) is 1. The first-order chi connectivity index (χ1) is 12.4. The van der Waals surface area contributed by atoms with Crippen molar-refractivity contribution < 1.29 is 17.6 Å². The molecule has 2 aromatic carbocycles. The first-order valence-corrected chi connectivity index (χ1v) is 9.97. The molecule has 1 N–H and O–H groups in total. The largest absolute Gasteiger partial charge is 0.325 e. The zero-order valence-electron chi connectivity index (χ0n) is 14.5. The standard InChI is InChI=1S/C19H21FN2O3S/c1-14-5-11-17(12-6-14)26(24,25)22-13-3-2-4-18(22)19(23)21-16-9-7-15(20)8-10-16/h5-12,18H,2-4,13H2,1H3,(H,21,23)/t18-/m1/s1. The van der Waals surface area contributed by atoms with Gasteiger partial charge in [-0.25, -0.2) is 12.8 Å². The molecule has 3 rings (SSSR count). The average Bonchev–Trinajstić information content (AvgIpc) is 2.64. The number of amides is 1. The second-order valence-electron chi connectivity index (χ2n) is 6.44. The first-order valence-electron chi connectivity index (χ1n) is 8.53. The summed E-state index contributed by atoms with van der Waals surface area (Å²) in [6.45, 7) is 2.19. The maximum atomic E-state index is 13.0. The van der Waals surface area contributed by atoms with Gasteiger partial charge in [-0.3, -0.25) is 4.79 Å². The number of halogens is 1. The van der Waals surface area contributed by atoms with E-state index in [1.54, 1.807) is 24.3 Å². The summed E-state index contributed by atoms with van der Waals surface area (Å²) in [5.41, 5.74) is 1.41. The Hall–Kier alpha value is -2.25. The number of benzene rings is 2. The lowest BCUT2D eigenvalue weighted by Gasteiger charge is -2.33. The van der Waals surface area contributed by atoms with Crippen LogP contribution in [-0.2, 0) is 14.8 Å². The normalized spacial score (nSPS) is 18.5. The highest BCUT2D eigenvalue weighted by atomic mass is 32.2. The van der Waals surface area contributed by atoms with E-state index in [4.69, 9.17) is 0 Å². The fourth-order valence-electron chi connectivity index (χ4n) is 3.06. The van der Waals surface area contributed by atoms with Crippen molar-refractivity contribution >= 4 is 21.6 Å². The first kappa shape index (κ1) is 18.5. The van der Waals surface area contributed by atoms with Gasteiger partial charge in [0.15, 0.2) is 0 Å². The zero-order chi connectivity index (χ0) is 18.7. The van der Waals surface area contributed by atoms with Gasteiger partial charge in [0.2, 0.25) is 15.9 Å². The molecule has 7 heteroatoms. The van der Waals surface area contributed by atoms with Crippen molar-refractivity contribution in [3.05, 3.63) is 59.9 Å². The minimum absolute atomic E-state index is 0.185. The number of carbonyl (C=O) groups excluding carboxylic acids is 1. The molecule has 0 bridgehead atoms. The average molecular weight is 376 g/mol. The number of nitrogens with zero attached hydrogens (tertiary/aromatic N) is 1. The predicted octanol–water partition coefficient (Wildman–Crippen LogP) is 3.32. The van der Waals surface area contributed by atoms with Crippen LogP contribution in [0.2, 0.25) is 0 Å². The molecule has 1 amide bonds. The molecule has 1 saturated heterocycles. The predicted molar refractivity (Wildman–Crippen MR) is 97.7 cm³/mol. The van der Waals surface area contributed by atoms with Gasteiger partial charge in [-0.1, -0.05) is 24.1 Å². The van der Waals surface area contributed by atoms with E-state index in [9.17, 15) is 17.6 Å². The van der Waals surface area contributed by atoms with E-state index in [1.807, 2.05) is 6.92 Å². The summed E-state index contributed by atoms with van der Waals surface area (Å²) < 4.78 is 40.3. The fourth-order valence-corrected chi connectivity index (χ4v) is 4.72. The van der Waals surface area contributed by atoms with Gasteiger partial charge < -0.3 is 5.32 Å². The van der Waals surface area contributed by atoms with Crippen molar-refractivity contribution in [3.63, 3.8) is 0 Å².